The summed E-state index contributed by atoms with van der Waals surface area (Å²) in [7, 11) is 0. The summed E-state index contributed by atoms with van der Waals surface area (Å²) in [5, 5.41) is 27.9. The van der Waals surface area contributed by atoms with Crippen LogP contribution in [0.2, 0.25) is 0 Å². The molecule has 27 heavy (non-hydrogen) atoms. The van der Waals surface area contributed by atoms with E-state index in [0.29, 0.717) is 11.4 Å². The fourth-order valence-electron chi connectivity index (χ4n) is 3.53. The van der Waals surface area contributed by atoms with Gasteiger partial charge in [-0.05, 0) is 18.6 Å². The molecule has 1 aliphatic rings. The maximum atomic E-state index is 9.78. The maximum Gasteiger partial charge on any atom is 0.163 e. The Hall–Kier alpha value is -3.30. The molecule has 1 atom stereocenters. The molecule has 0 saturated carbocycles. The first kappa shape index (κ1) is 17.1. The first-order valence-corrected chi connectivity index (χ1v) is 9.00. The molecule has 2 aromatic carbocycles. The summed E-state index contributed by atoms with van der Waals surface area (Å²) in [4.78, 5) is 5.04. The molecule has 1 aliphatic heterocycles. The number of fused-ring (bicyclic) bond motifs is 3. The molecule has 0 saturated heterocycles. The van der Waals surface area contributed by atoms with E-state index in [2.05, 4.69) is 23.2 Å². The van der Waals surface area contributed by atoms with E-state index >= 15 is 0 Å². The lowest BCUT2D eigenvalue weighted by atomic mass is 9.96. The third-order valence-electron chi connectivity index (χ3n) is 4.74. The summed E-state index contributed by atoms with van der Waals surface area (Å²) in [6.45, 7) is 1.90. The van der Waals surface area contributed by atoms with Crippen molar-refractivity contribution in [1.29, 1.82) is 5.26 Å². The van der Waals surface area contributed by atoms with Gasteiger partial charge in [-0.1, -0.05) is 49.7 Å². The predicted octanol–water partition coefficient (Wildman–Crippen LogP) is 3.32. The maximum absolute atomic E-state index is 9.78. The number of rotatable bonds is 4. The molecule has 1 N–H and O–H groups in total. The highest BCUT2D eigenvalue weighted by Crippen LogP contribution is 2.33. The molecular weight excluding hydrogens is 338 g/mol. The molecule has 0 spiro atoms. The second-order valence-electron chi connectivity index (χ2n) is 6.42. The molecule has 6 heteroatoms. The zero-order valence-electron chi connectivity index (χ0n) is 15.0. The van der Waals surface area contributed by atoms with Gasteiger partial charge >= 0.3 is 0 Å². The third kappa shape index (κ3) is 2.82. The van der Waals surface area contributed by atoms with Crippen LogP contribution in [0.15, 0.2) is 53.5 Å². The molecular formula is C21H19N5O. The van der Waals surface area contributed by atoms with Crippen LogP contribution in [0.5, 0.6) is 0 Å². The van der Waals surface area contributed by atoms with Gasteiger partial charge < -0.3 is 5.11 Å². The Labute approximate surface area is 157 Å². The van der Waals surface area contributed by atoms with Gasteiger partial charge in [0, 0.05) is 11.1 Å². The summed E-state index contributed by atoms with van der Waals surface area (Å²) < 4.78 is 1.90. The van der Waals surface area contributed by atoms with Crippen LogP contribution in [0.25, 0.3) is 5.69 Å². The Morgan fingerprint density at radius 2 is 1.81 bits per heavy atom. The minimum absolute atomic E-state index is 0.197. The Morgan fingerprint density at radius 3 is 2.56 bits per heavy atom. The highest BCUT2D eigenvalue weighted by Gasteiger charge is 2.28. The van der Waals surface area contributed by atoms with Crippen LogP contribution in [0.1, 0.15) is 54.1 Å². The van der Waals surface area contributed by atoms with E-state index in [0.717, 1.165) is 41.2 Å². The SMILES string of the molecule is CCCC1N=C(c2ccccc2C#N)c2ccccc2-n2c(CO)nnc21. The van der Waals surface area contributed by atoms with E-state index < -0.39 is 0 Å². The van der Waals surface area contributed by atoms with Crippen molar-refractivity contribution in [1.82, 2.24) is 14.8 Å². The van der Waals surface area contributed by atoms with Crippen LogP contribution in [0.4, 0.5) is 0 Å². The second-order valence-corrected chi connectivity index (χ2v) is 6.42. The summed E-state index contributed by atoms with van der Waals surface area (Å²) in [6.07, 6.45) is 1.73. The standard InChI is InChI=1S/C21H19N5O/c1-2-7-17-21-25-24-19(13-27)26(21)18-11-6-5-10-16(18)20(23-17)15-9-4-3-8-14(15)12-22/h3-6,8-11,17,27H,2,7,13H2,1H3. The van der Waals surface area contributed by atoms with E-state index in [1.807, 2.05) is 47.0 Å². The minimum atomic E-state index is -0.204. The average molecular weight is 357 g/mol. The number of aliphatic hydroxyl groups is 1. The monoisotopic (exact) mass is 357 g/mol. The van der Waals surface area contributed by atoms with Gasteiger partial charge in [0.15, 0.2) is 11.6 Å². The van der Waals surface area contributed by atoms with Gasteiger partial charge in [-0.2, -0.15) is 5.26 Å². The van der Waals surface area contributed by atoms with E-state index in [1.165, 1.54) is 0 Å². The molecule has 0 bridgehead atoms. The first-order chi connectivity index (χ1) is 13.3. The number of nitrogens with zero attached hydrogens (tertiary/aromatic N) is 5. The van der Waals surface area contributed by atoms with Crippen molar-refractivity contribution in [2.45, 2.75) is 32.4 Å². The molecule has 0 aliphatic carbocycles. The number of aliphatic imine (C=N–C) groups is 1. The van der Waals surface area contributed by atoms with Crippen LogP contribution in [-0.4, -0.2) is 25.6 Å². The van der Waals surface area contributed by atoms with Gasteiger partial charge in [-0.25, -0.2) is 0 Å². The minimum Gasteiger partial charge on any atom is -0.388 e. The number of para-hydroxylation sites is 1. The van der Waals surface area contributed by atoms with Crippen molar-refractivity contribution in [3.05, 3.63) is 76.9 Å². The van der Waals surface area contributed by atoms with Crippen molar-refractivity contribution < 1.29 is 5.11 Å². The largest absolute Gasteiger partial charge is 0.388 e. The average Bonchev–Trinajstić information content (AvgIpc) is 3.09. The molecule has 0 radical (unpaired) electrons. The van der Waals surface area contributed by atoms with E-state index in [-0.39, 0.29) is 12.6 Å². The van der Waals surface area contributed by atoms with Crippen LogP contribution < -0.4 is 0 Å². The molecule has 4 rings (SSSR count). The second kappa shape index (κ2) is 7.14. The van der Waals surface area contributed by atoms with Crippen molar-refractivity contribution in [3.8, 4) is 11.8 Å². The highest BCUT2D eigenvalue weighted by atomic mass is 16.3. The Balaban J connectivity index is 2.04. The number of aliphatic hydroxyl groups excluding tert-OH is 1. The fourth-order valence-corrected chi connectivity index (χ4v) is 3.53. The number of nitriles is 1. The lowest BCUT2D eigenvalue weighted by molar-refractivity contribution is 0.268. The quantitative estimate of drug-likeness (QED) is 0.776. The van der Waals surface area contributed by atoms with E-state index in [4.69, 9.17) is 4.99 Å². The summed E-state index contributed by atoms with van der Waals surface area (Å²) >= 11 is 0. The van der Waals surface area contributed by atoms with E-state index in [1.54, 1.807) is 6.07 Å². The lowest BCUT2D eigenvalue weighted by Gasteiger charge is -2.13. The Bertz CT molecular complexity index is 1060. The first-order valence-electron chi connectivity index (χ1n) is 9.00. The summed E-state index contributed by atoms with van der Waals surface area (Å²) in [6, 6.07) is 17.4. The van der Waals surface area contributed by atoms with Gasteiger partial charge in [0.05, 0.1) is 23.0 Å². The summed E-state index contributed by atoms with van der Waals surface area (Å²) in [5.74, 6) is 1.21. The van der Waals surface area contributed by atoms with Crippen LogP contribution >= 0.6 is 0 Å². The molecule has 1 unspecified atom stereocenters. The normalized spacial score (nSPS) is 15.3. The predicted molar refractivity (Wildman–Crippen MR) is 102 cm³/mol. The molecule has 6 nitrogen and oxygen atoms in total. The van der Waals surface area contributed by atoms with Crippen molar-refractivity contribution >= 4 is 5.71 Å². The Kier molecular flexibility index (Phi) is 4.53. The lowest BCUT2D eigenvalue weighted by Crippen LogP contribution is -2.10. The number of benzene rings is 2. The van der Waals surface area contributed by atoms with Crippen molar-refractivity contribution in [2.24, 2.45) is 4.99 Å². The van der Waals surface area contributed by atoms with Crippen molar-refractivity contribution in [3.63, 3.8) is 0 Å². The van der Waals surface area contributed by atoms with Crippen LogP contribution in [0, 0.1) is 11.3 Å². The zero-order chi connectivity index (χ0) is 18.8. The van der Waals surface area contributed by atoms with Gasteiger partial charge in [0.2, 0.25) is 0 Å². The van der Waals surface area contributed by atoms with E-state index in [9.17, 15) is 10.4 Å². The zero-order valence-corrected chi connectivity index (χ0v) is 15.0. The number of hydrogen-bond donors (Lipinski definition) is 1. The molecule has 1 aromatic heterocycles. The van der Waals surface area contributed by atoms with Crippen molar-refractivity contribution in [2.75, 3.05) is 0 Å². The molecule has 0 amide bonds. The van der Waals surface area contributed by atoms with Crippen LogP contribution in [-0.2, 0) is 6.61 Å². The Morgan fingerprint density at radius 1 is 1.07 bits per heavy atom. The van der Waals surface area contributed by atoms with Gasteiger partial charge in [-0.3, -0.25) is 9.56 Å². The topological polar surface area (TPSA) is 87.1 Å². The van der Waals surface area contributed by atoms with Crippen LogP contribution in [0.3, 0.4) is 0 Å². The molecule has 2 heterocycles. The highest BCUT2D eigenvalue weighted by molar-refractivity contribution is 6.16. The van der Waals surface area contributed by atoms with Gasteiger partial charge in [-0.15, -0.1) is 10.2 Å². The number of aromatic nitrogens is 3. The third-order valence-corrected chi connectivity index (χ3v) is 4.74. The van der Waals surface area contributed by atoms with Gasteiger partial charge in [0.1, 0.15) is 12.6 Å². The molecule has 134 valence electrons. The summed E-state index contributed by atoms with van der Waals surface area (Å²) in [5.41, 5.74) is 3.93. The molecule has 0 fully saturated rings. The fraction of sp³-hybridized carbons (Fsp3) is 0.238. The smallest absolute Gasteiger partial charge is 0.163 e. The molecule has 3 aromatic rings. The van der Waals surface area contributed by atoms with Gasteiger partial charge in [0.25, 0.3) is 0 Å². The number of hydrogen-bond acceptors (Lipinski definition) is 5.